The Morgan fingerprint density at radius 3 is 2.57 bits per heavy atom. The lowest BCUT2D eigenvalue weighted by atomic mass is 10.4. The van der Waals surface area contributed by atoms with Crippen molar-refractivity contribution >= 4 is 23.5 Å². The molecule has 0 spiro atoms. The van der Waals surface area contributed by atoms with Crippen molar-refractivity contribution in [2.75, 3.05) is 18.1 Å². The molecule has 0 fully saturated rings. The summed E-state index contributed by atoms with van der Waals surface area (Å²) in [5.41, 5.74) is 5.54. The van der Waals surface area contributed by atoms with Gasteiger partial charge >= 0.3 is 0 Å². The van der Waals surface area contributed by atoms with Gasteiger partial charge in [0.15, 0.2) is 0 Å². The van der Waals surface area contributed by atoms with Crippen molar-refractivity contribution in [3.8, 4) is 0 Å². The average molecular weight is 227 g/mol. The highest BCUT2D eigenvalue weighted by Gasteiger charge is 1.98. The van der Waals surface area contributed by atoms with Crippen LogP contribution in [0.25, 0.3) is 0 Å². The molecule has 3 heteroatoms. The highest BCUT2D eigenvalue weighted by atomic mass is 32.2. The van der Waals surface area contributed by atoms with E-state index < -0.39 is 0 Å². The Hall–Kier alpha value is -0.120. The molecule has 1 nitrogen and oxygen atoms in total. The fourth-order valence-electron chi connectivity index (χ4n) is 0.994. The fraction of sp³-hybridized carbons (Fsp3) is 0.455. The zero-order valence-corrected chi connectivity index (χ0v) is 10.1. The van der Waals surface area contributed by atoms with Gasteiger partial charge in [-0.2, -0.15) is 11.8 Å². The van der Waals surface area contributed by atoms with Crippen LogP contribution in [0.15, 0.2) is 35.2 Å². The van der Waals surface area contributed by atoms with Crippen LogP contribution in [0, 0.1) is 0 Å². The molecule has 0 aliphatic rings. The molecule has 0 saturated heterocycles. The molecule has 1 rings (SSSR count). The smallest absolute Gasteiger partial charge is 0.0142 e. The summed E-state index contributed by atoms with van der Waals surface area (Å²) < 4.78 is 0. The molecule has 0 radical (unpaired) electrons. The molecule has 0 bridgehead atoms. The van der Waals surface area contributed by atoms with E-state index in [1.165, 1.54) is 16.4 Å². The van der Waals surface area contributed by atoms with Crippen LogP contribution >= 0.6 is 23.5 Å². The summed E-state index contributed by atoms with van der Waals surface area (Å²) in [5.74, 6) is 2.34. The van der Waals surface area contributed by atoms with Crippen molar-refractivity contribution in [3.63, 3.8) is 0 Å². The SMILES string of the molecule is CC(CN)SCCSc1ccccc1. The third kappa shape index (κ3) is 4.94. The maximum atomic E-state index is 5.54. The second-order valence-corrected chi connectivity index (χ2v) is 5.79. The van der Waals surface area contributed by atoms with Gasteiger partial charge in [0.2, 0.25) is 0 Å². The van der Waals surface area contributed by atoms with Crippen molar-refractivity contribution in [1.82, 2.24) is 0 Å². The normalized spacial score (nSPS) is 12.7. The molecule has 78 valence electrons. The van der Waals surface area contributed by atoms with E-state index in [1.807, 2.05) is 23.5 Å². The minimum absolute atomic E-state index is 0.589. The van der Waals surface area contributed by atoms with E-state index in [0.717, 1.165) is 6.54 Å². The summed E-state index contributed by atoms with van der Waals surface area (Å²) in [7, 11) is 0. The fourth-order valence-corrected chi connectivity index (χ4v) is 2.84. The Kier molecular flexibility index (Phi) is 6.15. The van der Waals surface area contributed by atoms with E-state index in [0.29, 0.717) is 5.25 Å². The van der Waals surface area contributed by atoms with Gasteiger partial charge in [0, 0.05) is 28.2 Å². The predicted octanol–water partition coefficient (Wildman–Crippen LogP) is 2.86. The Bertz CT molecular complexity index is 238. The van der Waals surface area contributed by atoms with E-state index in [2.05, 4.69) is 37.3 Å². The highest BCUT2D eigenvalue weighted by Crippen LogP contribution is 2.19. The van der Waals surface area contributed by atoms with Gasteiger partial charge in [0.1, 0.15) is 0 Å². The number of hydrogen-bond donors (Lipinski definition) is 1. The van der Waals surface area contributed by atoms with Crippen molar-refractivity contribution in [1.29, 1.82) is 0 Å². The van der Waals surface area contributed by atoms with Gasteiger partial charge in [0.25, 0.3) is 0 Å². The molecular formula is C11H17NS2. The molecule has 2 N–H and O–H groups in total. The minimum atomic E-state index is 0.589. The number of thioether (sulfide) groups is 2. The average Bonchev–Trinajstić information content (AvgIpc) is 2.25. The summed E-state index contributed by atoms with van der Waals surface area (Å²) >= 11 is 3.86. The summed E-state index contributed by atoms with van der Waals surface area (Å²) in [5, 5.41) is 0.589. The van der Waals surface area contributed by atoms with Gasteiger partial charge in [-0.05, 0) is 12.1 Å². The van der Waals surface area contributed by atoms with E-state index in [4.69, 9.17) is 5.73 Å². The molecule has 1 unspecified atom stereocenters. The standard InChI is InChI=1S/C11H17NS2/c1-10(9-12)13-7-8-14-11-5-3-2-4-6-11/h2-6,10H,7-9,12H2,1H3. The van der Waals surface area contributed by atoms with Crippen molar-refractivity contribution in [2.45, 2.75) is 17.1 Å². The lowest BCUT2D eigenvalue weighted by Crippen LogP contribution is -2.13. The van der Waals surface area contributed by atoms with Gasteiger partial charge in [0.05, 0.1) is 0 Å². The number of hydrogen-bond acceptors (Lipinski definition) is 3. The second-order valence-electron chi connectivity index (χ2n) is 3.08. The minimum Gasteiger partial charge on any atom is -0.329 e. The number of rotatable bonds is 6. The lowest BCUT2D eigenvalue weighted by molar-refractivity contribution is 0.952. The third-order valence-electron chi connectivity index (χ3n) is 1.83. The topological polar surface area (TPSA) is 26.0 Å². The van der Waals surface area contributed by atoms with Crippen LogP contribution in [-0.4, -0.2) is 23.3 Å². The van der Waals surface area contributed by atoms with Crippen LogP contribution in [-0.2, 0) is 0 Å². The molecule has 1 atom stereocenters. The maximum Gasteiger partial charge on any atom is 0.0142 e. The lowest BCUT2D eigenvalue weighted by Gasteiger charge is -2.07. The molecule has 0 heterocycles. The first-order chi connectivity index (χ1) is 6.83. The van der Waals surface area contributed by atoms with E-state index in [1.54, 1.807) is 0 Å². The Labute approximate surface area is 94.8 Å². The summed E-state index contributed by atoms with van der Waals surface area (Å²) in [4.78, 5) is 1.36. The Morgan fingerprint density at radius 1 is 1.21 bits per heavy atom. The van der Waals surface area contributed by atoms with E-state index in [9.17, 15) is 0 Å². The summed E-state index contributed by atoms with van der Waals surface area (Å²) in [6.07, 6.45) is 0. The second kappa shape index (κ2) is 7.21. The molecule has 14 heavy (non-hydrogen) atoms. The zero-order chi connectivity index (χ0) is 10.2. The number of benzene rings is 1. The van der Waals surface area contributed by atoms with Gasteiger partial charge in [-0.25, -0.2) is 0 Å². The molecule has 1 aromatic carbocycles. The van der Waals surface area contributed by atoms with Gasteiger partial charge in [-0.15, -0.1) is 11.8 Å². The van der Waals surface area contributed by atoms with Crippen LogP contribution in [0.4, 0.5) is 0 Å². The van der Waals surface area contributed by atoms with Crippen LogP contribution in [0.3, 0.4) is 0 Å². The van der Waals surface area contributed by atoms with Crippen molar-refractivity contribution in [2.24, 2.45) is 5.73 Å². The maximum absolute atomic E-state index is 5.54. The first-order valence-electron chi connectivity index (χ1n) is 4.82. The van der Waals surface area contributed by atoms with Crippen LogP contribution in [0.2, 0.25) is 0 Å². The van der Waals surface area contributed by atoms with Crippen LogP contribution in [0.5, 0.6) is 0 Å². The summed E-state index contributed by atoms with van der Waals surface area (Å²) in [6, 6.07) is 10.5. The van der Waals surface area contributed by atoms with Crippen LogP contribution < -0.4 is 5.73 Å². The first kappa shape index (κ1) is 12.0. The highest BCUT2D eigenvalue weighted by molar-refractivity contribution is 8.03. The molecule has 0 aliphatic heterocycles. The molecule has 0 saturated carbocycles. The van der Waals surface area contributed by atoms with Crippen molar-refractivity contribution < 1.29 is 0 Å². The Balaban J connectivity index is 2.10. The van der Waals surface area contributed by atoms with E-state index in [-0.39, 0.29) is 0 Å². The molecule has 0 aromatic heterocycles. The Morgan fingerprint density at radius 2 is 1.93 bits per heavy atom. The third-order valence-corrected chi connectivity index (χ3v) is 4.30. The van der Waals surface area contributed by atoms with Gasteiger partial charge < -0.3 is 5.73 Å². The predicted molar refractivity (Wildman–Crippen MR) is 68.1 cm³/mol. The quantitative estimate of drug-likeness (QED) is 0.598. The molecule has 1 aromatic rings. The first-order valence-corrected chi connectivity index (χ1v) is 6.86. The van der Waals surface area contributed by atoms with E-state index >= 15 is 0 Å². The van der Waals surface area contributed by atoms with Crippen molar-refractivity contribution in [3.05, 3.63) is 30.3 Å². The summed E-state index contributed by atoms with van der Waals surface area (Å²) in [6.45, 7) is 2.96. The number of nitrogens with two attached hydrogens (primary N) is 1. The van der Waals surface area contributed by atoms with Crippen LogP contribution in [0.1, 0.15) is 6.92 Å². The van der Waals surface area contributed by atoms with Gasteiger partial charge in [-0.3, -0.25) is 0 Å². The molecular weight excluding hydrogens is 210 g/mol. The molecule has 0 amide bonds. The monoisotopic (exact) mass is 227 g/mol. The van der Waals surface area contributed by atoms with Gasteiger partial charge in [-0.1, -0.05) is 25.1 Å². The zero-order valence-electron chi connectivity index (χ0n) is 8.48. The molecule has 0 aliphatic carbocycles. The largest absolute Gasteiger partial charge is 0.329 e.